The van der Waals surface area contributed by atoms with Crippen molar-refractivity contribution in [2.75, 3.05) is 0 Å². The van der Waals surface area contributed by atoms with Crippen LogP contribution in [0.2, 0.25) is 0 Å². The van der Waals surface area contributed by atoms with Crippen LogP contribution in [0.1, 0.15) is 47.4 Å². The molecule has 0 saturated heterocycles. The Kier molecular flexibility index (Phi) is 6.25. The average Bonchev–Trinajstić information content (AvgIpc) is 3.23. The summed E-state index contributed by atoms with van der Waals surface area (Å²) in [6.45, 7) is 1.91. The second kappa shape index (κ2) is 9.42. The van der Waals surface area contributed by atoms with Crippen LogP contribution in [0.5, 0.6) is 11.5 Å². The molecule has 0 fully saturated rings. The van der Waals surface area contributed by atoms with Crippen LogP contribution in [-0.2, 0) is 22.7 Å². The Morgan fingerprint density at radius 3 is 2.75 bits per heavy atom. The Balaban J connectivity index is 1.58. The number of fused-ring (bicyclic) bond motifs is 3. The van der Waals surface area contributed by atoms with Crippen molar-refractivity contribution in [1.82, 2.24) is 20.3 Å². The first-order chi connectivity index (χ1) is 15.5. The molecule has 1 N–H and O–H groups in total. The molecule has 2 bridgehead atoms. The van der Waals surface area contributed by atoms with E-state index in [9.17, 15) is 14.4 Å². The van der Waals surface area contributed by atoms with Crippen molar-refractivity contribution in [2.45, 2.75) is 39.0 Å². The molecule has 32 heavy (non-hydrogen) atoms. The largest absolute Gasteiger partial charge is 0.487 e. The number of para-hydroxylation sites is 1. The molecule has 1 aliphatic rings. The minimum Gasteiger partial charge on any atom is -0.487 e. The Morgan fingerprint density at radius 2 is 1.97 bits per heavy atom. The Bertz CT molecular complexity index is 1140. The number of Topliss-reactive ketones (excluding diaryl/α,β-unsaturated/α-hetero) is 1. The van der Waals surface area contributed by atoms with Crippen LogP contribution in [-0.4, -0.2) is 32.7 Å². The SMILES string of the molecule is CC(=O)Oc1ccc(C(=O)CC2NC(=O)CCn3cc(nn3)COc3ccccc32)cc1. The highest BCUT2D eigenvalue weighted by Crippen LogP contribution is 2.29. The zero-order valence-electron chi connectivity index (χ0n) is 17.5. The molecule has 2 aromatic carbocycles. The number of nitrogens with one attached hydrogen (secondary N) is 1. The molecule has 9 heteroatoms. The van der Waals surface area contributed by atoms with Gasteiger partial charge in [-0.1, -0.05) is 23.4 Å². The van der Waals surface area contributed by atoms with E-state index in [0.717, 1.165) is 0 Å². The first kappa shape index (κ1) is 21.2. The fraction of sp³-hybridized carbons (Fsp3) is 0.261. The highest BCUT2D eigenvalue weighted by molar-refractivity contribution is 5.97. The van der Waals surface area contributed by atoms with Gasteiger partial charge in [-0.2, -0.15) is 0 Å². The summed E-state index contributed by atoms with van der Waals surface area (Å²) in [7, 11) is 0. The van der Waals surface area contributed by atoms with E-state index in [0.29, 0.717) is 34.9 Å². The molecule has 0 spiro atoms. The summed E-state index contributed by atoms with van der Waals surface area (Å²) in [5.41, 5.74) is 1.81. The van der Waals surface area contributed by atoms with Gasteiger partial charge in [0.2, 0.25) is 5.91 Å². The summed E-state index contributed by atoms with van der Waals surface area (Å²) in [5.74, 6) is 0.120. The summed E-state index contributed by atoms with van der Waals surface area (Å²) in [4.78, 5) is 36.7. The second-order valence-corrected chi connectivity index (χ2v) is 7.41. The smallest absolute Gasteiger partial charge is 0.308 e. The van der Waals surface area contributed by atoms with Gasteiger partial charge in [0.25, 0.3) is 0 Å². The Morgan fingerprint density at radius 1 is 1.19 bits per heavy atom. The van der Waals surface area contributed by atoms with E-state index in [4.69, 9.17) is 9.47 Å². The molecule has 1 aliphatic heterocycles. The van der Waals surface area contributed by atoms with Crippen molar-refractivity contribution >= 4 is 17.7 Å². The van der Waals surface area contributed by atoms with Crippen molar-refractivity contribution in [3.8, 4) is 11.5 Å². The number of hydrogen-bond acceptors (Lipinski definition) is 7. The third-order valence-corrected chi connectivity index (χ3v) is 4.99. The van der Waals surface area contributed by atoms with Crippen molar-refractivity contribution in [3.63, 3.8) is 0 Å². The number of rotatable bonds is 4. The predicted octanol–water partition coefficient (Wildman–Crippen LogP) is 2.62. The average molecular weight is 434 g/mol. The molecule has 2 heterocycles. The van der Waals surface area contributed by atoms with Gasteiger partial charge in [-0.15, -0.1) is 5.10 Å². The molecule has 0 aliphatic carbocycles. The number of hydrogen-bond donors (Lipinski definition) is 1. The third kappa shape index (κ3) is 5.18. The standard InChI is InChI=1S/C23H22N4O5/c1-15(28)32-18-8-6-16(7-9-18)21(29)12-20-19-4-2-3-5-22(19)31-14-17-13-27(26-25-17)11-10-23(30)24-20/h2-9,13,20H,10-12,14H2,1H3,(H,24,30). The third-order valence-electron chi connectivity index (χ3n) is 4.99. The molecule has 1 unspecified atom stereocenters. The van der Waals surface area contributed by atoms with Gasteiger partial charge in [-0.05, 0) is 30.3 Å². The van der Waals surface area contributed by atoms with Gasteiger partial charge in [-0.25, -0.2) is 0 Å². The maximum atomic E-state index is 13.0. The number of aryl methyl sites for hydroxylation is 1. The molecule has 4 rings (SSSR count). The number of esters is 1. The van der Waals surface area contributed by atoms with Gasteiger partial charge >= 0.3 is 5.97 Å². The lowest BCUT2D eigenvalue weighted by Gasteiger charge is -2.22. The van der Waals surface area contributed by atoms with Crippen molar-refractivity contribution in [1.29, 1.82) is 0 Å². The normalized spacial score (nSPS) is 15.9. The van der Waals surface area contributed by atoms with Gasteiger partial charge in [0.15, 0.2) is 5.78 Å². The van der Waals surface area contributed by atoms with Crippen LogP contribution in [0.25, 0.3) is 0 Å². The predicted molar refractivity (Wildman–Crippen MR) is 113 cm³/mol. The molecule has 0 radical (unpaired) electrons. The number of benzene rings is 2. The van der Waals surface area contributed by atoms with E-state index in [-0.39, 0.29) is 31.1 Å². The number of aromatic nitrogens is 3. The van der Waals surface area contributed by atoms with Crippen LogP contribution < -0.4 is 14.8 Å². The number of carbonyl (C=O) groups excluding carboxylic acids is 3. The van der Waals surface area contributed by atoms with E-state index in [1.807, 2.05) is 18.2 Å². The number of ketones is 1. The highest BCUT2D eigenvalue weighted by atomic mass is 16.5. The summed E-state index contributed by atoms with van der Waals surface area (Å²) < 4.78 is 12.5. The summed E-state index contributed by atoms with van der Waals surface area (Å²) >= 11 is 0. The molecule has 1 aromatic heterocycles. The van der Waals surface area contributed by atoms with Gasteiger partial charge < -0.3 is 14.8 Å². The molecule has 1 atom stereocenters. The van der Waals surface area contributed by atoms with Crippen LogP contribution in [0, 0.1) is 0 Å². The summed E-state index contributed by atoms with van der Waals surface area (Å²) in [5, 5.41) is 11.0. The van der Waals surface area contributed by atoms with Gasteiger partial charge in [0, 0.05) is 30.9 Å². The molecule has 3 aromatic rings. The summed E-state index contributed by atoms with van der Waals surface area (Å²) in [6, 6.07) is 13.0. The molecule has 1 amide bonds. The Labute approximate surface area is 184 Å². The fourth-order valence-corrected chi connectivity index (χ4v) is 3.46. The summed E-state index contributed by atoms with van der Waals surface area (Å²) in [6.07, 6.45) is 1.99. The van der Waals surface area contributed by atoms with E-state index < -0.39 is 12.0 Å². The number of amides is 1. The van der Waals surface area contributed by atoms with E-state index in [1.165, 1.54) is 6.92 Å². The molecular formula is C23H22N4O5. The minimum atomic E-state index is -0.575. The van der Waals surface area contributed by atoms with Crippen molar-refractivity contribution < 1.29 is 23.9 Å². The fourth-order valence-electron chi connectivity index (χ4n) is 3.46. The first-order valence-electron chi connectivity index (χ1n) is 10.2. The minimum absolute atomic E-state index is 0.0419. The second-order valence-electron chi connectivity index (χ2n) is 7.41. The topological polar surface area (TPSA) is 112 Å². The van der Waals surface area contributed by atoms with Crippen LogP contribution in [0.3, 0.4) is 0 Å². The highest BCUT2D eigenvalue weighted by Gasteiger charge is 2.23. The number of nitrogens with zero attached hydrogens (tertiary/aromatic N) is 3. The Hall–Kier alpha value is -4.01. The van der Waals surface area contributed by atoms with Gasteiger partial charge in [0.05, 0.1) is 18.8 Å². The van der Waals surface area contributed by atoms with Crippen molar-refractivity contribution in [2.24, 2.45) is 0 Å². The first-order valence-corrected chi connectivity index (χ1v) is 10.2. The molecule has 164 valence electrons. The van der Waals surface area contributed by atoms with Gasteiger partial charge in [-0.3, -0.25) is 19.1 Å². The van der Waals surface area contributed by atoms with Gasteiger partial charge in [0.1, 0.15) is 23.8 Å². The zero-order chi connectivity index (χ0) is 22.5. The zero-order valence-corrected chi connectivity index (χ0v) is 17.5. The monoisotopic (exact) mass is 434 g/mol. The number of ether oxygens (including phenoxy) is 2. The molecular weight excluding hydrogens is 412 g/mol. The lowest BCUT2D eigenvalue weighted by Crippen LogP contribution is -2.31. The maximum Gasteiger partial charge on any atom is 0.308 e. The maximum absolute atomic E-state index is 13.0. The lowest BCUT2D eigenvalue weighted by molar-refractivity contribution is -0.131. The lowest BCUT2D eigenvalue weighted by atomic mass is 9.96. The number of carbonyl (C=O) groups is 3. The van der Waals surface area contributed by atoms with Crippen LogP contribution in [0.4, 0.5) is 0 Å². The van der Waals surface area contributed by atoms with E-state index in [2.05, 4.69) is 15.6 Å². The van der Waals surface area contributed by atoms with Crippen LogP contribution in [0.15, 0.2) is 54.7 Å². The molecule has 9 nitrogen and oxygen atoms in total. The quantitative estimate of drug-likeness (QED) is 0.382. The molecule has 0 saturated carbocycles. The van der Waals surface area contributed by atoms with E-state index in [1.54, 1.807) is 41.2 Å². The van der Waals surface area contributed by atoms with Crippen molar-refractivity contribution in [3.05, 3.63) is 71.5 Å². The van der Waals surface area contributed by atoms with E-state index >= 15 is 0 Å². The van der Waals surface area contributed by atoms with Crippen LogP contribution >= 0.6 is 0 Å².